The van der Waals surface area contributed by atoms with E-state index in [0.29, 0.717) is 6.10 Å². The normalized spacial score (nSPS) is 11.0. The van der Waals surface area contributed by atoms with Gasteiger partial charge < -0.3 is 15.0 Å². The molecule has 0 amide bonds. The molecule has 0 unspecified atom stereocenters. The molecule has 1 N–H and O–H groups in total. The SMILES string of the molecule is CC(C)OCCCNCCN(C)c1cccc(F)c1. The topological polar surface area (TPSA) is 24.5 Å². The molecule has 0 aliphatic heterocycles. The molecule has 0 atom stereocenters. The number of anilines is 1. The van der Waals surface area contributed by atoms with E-state index in [1.807, 2.05) is 31.9 Å². The lowest BCUT2D eigenvalue weighted by Gasteiger charge is -2.19. The Morgan fingerprint density at radius 2 is 2.11 bits per heavy atom. The minimum Gasteiger partial charge on any atom is -0.379 e. The minimum absolute atomic E-state index is 0.192. The summed E-state index contributed by atoms with van der Waals surface area (Å²) in [5.41, 5.74) is 0.907. The molecular formula is C15H25FN2O. The van der Waals surface area contributed by atoms with Crippen molar-refractivity contribution >= 4 is 5.69 Å². The lowest BCUT2D eigenvalue weighted by molar-refractivity contribution is 0.0771. The van der Waals surface area contributed by atoms with Gasteiger partial charge in [0.1, 0.15) is 5.82 Å². The average molecular weight is 268 g/mol. The monoisotopic (exact) mass is 268 g/mol. The van der Waals surface area contributed by atoms with Crippen LogP contribution in [0.5, 0.6) is 0 Å². The van der Waals surface area contributed by atoms with Crippen LogP contribution in [-0.2, 0) is 4.74 Å². The highest BCUT2D eigenvalue weighted by Gasteiger charge is 2.01. The average Bonchev–Trinajstić information content (AvgIpc) is 2.37. The predicted molar refractivity (Wildman–Crippen MR) is 78.2 cm³/mol. The van der Waals surface area contributed by atoms with Crippen LogP contribution < -0.4 is 10.2 Å². The van der Waals surface area contributed by atoms with Crippen molar-refractivity contribution in [3.8, 4) is 0 Å². The Hall–Kier alpha value is -1.13. The molecule has 108 valence electrons. The van der Waals surface area contributed by atoms with Gasteiger partial charge in [-0.3, -0.25) is 0 Å². The molecule has 1 aromatic rings. The molecule has 0 aliphatic carbocycles. The molecule has 0 bridgehead atoms. The van der Waals surface area contributed by atoms with Crippen molar-refractivity contribution < 1.29 is 9.13 Å². The zero-order valence-electron chi connectivity index (χ0n) is 12.2. The first-order chi connectivity index (χ1) is 9.09. The maximum atomic E-state index is 13.1. The number of nitrogens with zero attached hydrogens (tertiary/aromatic N) is 1. The van der Waals surface area contributed by atoms with Crippen LogP contribution in [0.15, 0.2) is 24.3 Å². The van der Waals surface area contributed by atoms with Gasteiger partial charge in [0.25, 0.3) is 0 Å². The lowest BCUT2D eigenvalue weighted by atomic mass is 10.3. The van der Waals surface area contributed by atoms with Gasteiger partial charge in [-0.25, -0.2) is 4.39 Å². The van der Waals surface area contributed by atoms with Crippen LogP contribution in [0.4, 0.5) is 10.1 Å². The summed E-state index contributed by atoms with van der Waals surface area (Å²) in [6.07, 6.45) is 1.32. The fourth-order valence-electron chi connectivity index (χ4n) is 1.73. The molecule has 0 aliphatic rings. The Balaban J connectivity index is 2.09. The van der Waals surface area contributed by atoms with Crippen molar-refractivity contribution in [2.75, 3.05) is 38.2 Å². The third-order valence-corrected chi connectivity index (χ3v) is 2.82. The summed E-state index contributed by atoms with van der Waals surface area (Å²) in [7, 11) is 1.97. The first-order valence-electron chi connectivity index (χ1n) is 6.88. The Morgan fingerprint density at radius 1 is 1.32 bits per heavy atom. The second kappa shape index (κ2) is 8.88. The van der Waals surface area contributed by atoms with Crippen molar-refractivity contribution in [3.63, 3.8) is 0 Å². The molecule has 19 heavy (non-hydrogen) atoms. The van der Waals surface area contributed by atoms with E-state index in [0.717, 1.165) is 38.3 Å². The Morgan fingerprint density at radius 3 is 2.79 bits per heavy atom. The van der Waals surface area contributed by atoms with Gasteiger partial charge >= 0.3 is 0 Å². The van der Waals surface area contributed by atoms with E-state index in [2.05, 4.69) is 5.32 Å². The van der Waals surface area contributed by atoms with Gasteiger partial charge in [-0.15, -0.1) is 0 Å². The molecule has 1 rings (SSSR count). The van der Waals surface area contributed by atoms with Crippen molar-refractivity contribution in [2.24, 2.45) is 0 Å². The number of nitrogens with one attached hydrogen (secondary N) is 1. The standard InChI is InChI=1S/C15H25FN2O/c1-13(2)19-11-5-8-17-9-10-18(3)15-7-4-6-14(16)12-15/h4,6-7,12-13,17H,5,8-11H2,1-3H3. The van der Waals surface area contributed by atoms with E-state index in [4.69, 9.17) is 4.74 Å². The number of hydrogen-bond acceptors (Lipinski definition) is 3. The molecule has 0 aromatic heterocycles. The Bertz CT molecular complexity index is 358. The van der Waals surface area contributed by atoms with Crippen LogP contribution in [-0.4, -0.2) is 39.4 Å². The number of hydrogen-bond donors (Lipinski definition) is 1. The van der Waals surface area contributed by atoms with Gasteiger partial charge in [-0.2, -0.15) is 0 Å². The number of rotatable bonds is 9. The van der Waals surface area contributed by atoms with Gasteiger partial charge in [0.2, 0.25) is 0 Å². The van der Waals surface area contributed by atoms with Crippen LogP contribution in [0, 0.1) is 5.82 Å². The zero-order valence-corrected chi connectivity index (χ0v) is 12.2. The summed E-state index contributed by atoms with van der Waals surface area (Å²) < 4.78 is 18.5. The van der Waals surface area contributed by atoms with E-state index in [-0.39, 0.29) is 5.82 Å². The van der Waals surface area contributed by atoms with E-state index in [9.17, 15) is 4.39 Å². The quantitative estimate of drug-likeness (QED) is 0.697. The number of benzene rings is 1. The van der Waals surface area contributed by atoms with Crippen molar-refractivity contribution in [1.82, 2.24) is 5.32 Å². The van der Waals surface area contributed by atoms with E-state index < -0.39 is 0 Å². The maximum absolute atomic E-state index is 13.1. The van der Waals surface area contributed by atoms with E-state index >= 15 is 0 Å². The van der Waals surface area contributed by atoms with Crippen molar-refractivity contribution in [1.29, 1.82) is 0 Å². The highest BCUT2D eigenvalue weighted by atomic mass is 19.1. The van der Waals surface area contributed by atoms with Crippen molar-refractivity contribution in [2.45, 2.75) is 26.4 Å². The maximum Gasteiger partial charge on any atom is 0.125 e. The number of halogens is 1. The highest BCUT2D eigenvalue weighted by molar-refractivity contribution is 5.45. The second-order valence-electron chi connectivity index (χ2n) is 4.92. The molecule has 4 heteroatoms. The fraction of sp³-hybridized carbons (Fsp3) is 0.600. The van der Waals surface area contributed by atoms with Crippen LogP contribution in [0.2, 0.25) is 0 Å². The van der Waals surface area contributed by atoms with Gasteiger partial charge in [-0.05, 0) is 45.0 Å². The number of ether oxygens (including phenoxy) is 1. The predicted octanol–water partition coefficient (Wildman–Crippen LogP) is 2.67. The minimum atomic E-state index is -0.192. The second-order valence-corrected chi connectivity index (χ2v) is 4.92. The Labute approximate surface area is 115 Å². The lowest BCUT2D eigenvalue weighted by Crippen LogP contribution is -2.30. The van der Waals surface area contributed by atoms with Gasteiger partial charge in [0.15, 0.2) is 0 Å². The van der Waals surface area contributed by atoms with Gasteiger partial charge in [0, 0.05) is 32.4 Å². The van der Waals surface area contributed by atoms with Crippen molar-refractivity contribution in [3.05, 3.63) is 30.1 Å². The first kappa shape index (κ1) is 15.9. The van der Waals surface area contributed by atoms with Gasteiger partial charge in [0.05, 0.1) is 6.10 Å². The molecule has 1 aromatic carbocycles. The molecule has 3 nitrogen and oxygen atoms in total. The van der Waals surface area contributed by atoms with Crippen LogP contribution in [0.25, 0.3) is 0 Å². The number of likely N-dealkylation sites (N-methyl/N-ethyl adjacent to an activating group) is 1. The Kier molecular flexibility index (Phi) is 7.45. The summed E-state index contributed by atoms with van der Waals surface area (Å²) >= 11 is 0. The largest absolute Gasteiger partial charge is 0.379 e. The summed E-state index contributed by atoms with van der Waals surface area (Å²) in [5.74, 6) is -0.192. The molecule has 0 radical (unpaired) electrons. The van der Waals surface area contributed by atoms with Crippen LogP contribution >= 0.6 is 0 Å². The smallest absolute Gasteiger partial charge is 0.125 e. The molecule has 0 fully saturated rings. The third-order valence-electron chi connectivity index (χ3n) is 2.82. The molecule has 0 saturated heterocycles. The first-order valence-corrected chi connectivity index (χ1v) is 6.88. The van der Waals surface area contributed by atoms with Crippen LogP contribution in [0.1, 0.15) is 20.3 Å². The third kappa shape index (κ3) is 7.13. The zero-order chi connectivity index (χ0) is 14.1. The summed E-state index contributed by atoms with van der Waals surface area (Å²) in [4.78, 5) is 2.04. The summed E-state index contributed by atoms with van der Waals surface area (Å²) in [6, 6.07) is 6.66. The molecular weight excluding hydrogens is 243 g/mol. The van der Waals surface area contributed by atoms with E-state index in [1.54, 1.807) is 12.1 Å². The van der Waals surface area contributed by atoms with E-state index in [1.165, 1.54) is 6.07 Å². The molecule has 0 heterocycles. The summed E-state index contributed by atoms with van der Waals surface area (Å²) in [5, 5.41) is 3.36. The molecule has 0 saturated carbocycles. The van der Waals surface area contributed by atoms with Gasteiger partial charge in [-0.1, -0.05) is 6.07 Å². The highest BCUT2D eigenvalue weighted by Crippen LogP contribution is 2.12. The fourth-order valence-corrected chi connectivity index (χ4v) is 1.73. The molecule has 0 spiro atoms. The summed E-state index contributed by atoms with van der Waals surface area (Å²) in [6.45, 7) is 7.57. The van der Waals surface area contributed by atoms with Crippen LogP contribution in [0.3, 0.4) is 0 Å².